The maximum absolute atomic E-state index is 12.8. The van der Waals surface area contributed by atoms with E-state index in [2.05, 4.69) is 25.9 Å². The van der Waals surface area contributed by atoms with Gasteiger partial charge in [0.15, 0.2) is 0 Å². The molecule has 1 aliphatic carbocycles. The quantitative estimate of drug-likeness (QED) is 0.340. The molecule has 0 unspecified atom stereocenters. The van der Waals surface area contributed by atoms with Gasteiger partial charge in [0.25, 0.3) is 0 Å². The van der Waals surface area contributed by atoms with Crippen molar-refractivity contribution in [1.29, 1.82) is 0 Å². The van der Waals surface area contributed by atoms with Crippen LogP contribution in [0.2, 0.25) is 0 Å². The molecule has 0 bridgehead atoms. The fourth-order valence-corrected chi connectivity index (χ4v) is 2.94. The van der Waals surface area contributed by atoms with Crippen LogP contribution in [-0.2, 0) is 4.79 Å². The first-order chi connectivity index (χ1) is 9.39. The van der Waals surface area contributed by atoms with Crippen molar-refractivity contribution in [3.63, 3.8) is 0 Å². The SMILES string of the molecule is CC(C)CN(CCC(N)=NO)C(=O)C1(C)CCCCC1. The lowest BCUT2D eigenvalue weighted by Crippen LogP contribution is -2.46. The summed E-state index contributed by atoms with van der Waals surface area (Å²) in [6, 6.07) is 0. The molecule has 0 aromatic heterocycles. The normalized spacial score (nSPS) is 19.1. The van der Waals surface area contributed by atoms with Crippen LogP contribution in [0.25, 0.3) is 0 Å². The van der Waals surface area contributed by atoms with Gasteiger partial charge in [0.2, 0.25) is 5.91 Å². The van der Waals surface area contributed by atoms with Gasteiger partial charge in [-0.3, -0.25) is 4.79 Å². The van der Waals surface area contributed by atoms with Gasteiger partial charge in [-0.15, -0.1) is 0 Å². The Morgan fingerprint density at radius 2 is 1.95 bits per heavy atom. The van der Waals surface area contributed by atoms with E-state index in [4.69, 9.17) is 10.9 Å². The van der Waals surface area contributed by atoms with E-state index < -0.39 is 0 Å². The maximum Gasteiger partial charge on any atom is 0.228 e. The summed E-state index contributed by atoms with van der Waals surface area (Å²) < 4.78 is 0. The summed E-state index contributed by atoms with van der Waals surface area (Å²) in [5.41, 5.74) is 5.30. The Morgan fingerprint density at radius 3 is 2.45 bits per heavy atom. The average molecular weight is 283 g/mol. The van der Waals surface area contributed by atoms with E-state index in [0.29, 0.717) is 18.9 Å². The Kier molecular flexibility index (Phi) is 6.30. The maximum atomic E-state index is 12.8. The first-order valence-corrected chi connectivity index (χ1v) is 7.65. The monoisotopic (exact) mass is 283 g/mol. The van der Waals surface area contributed by atoms with Crippen molar-refractivity contribution in [2.45, 2.75) is 59.3 Å². The van der Waals surface area contributed by atoms with Crippen LogP contribution in [0.4, 0.5) is 0 Å². The average Bonchev–Trinajstić information content (AvgIpc) is 2.42. The molecule has 5 heteroatoms. The number of nitrogens with two attached hydrogens (primary N) is 1. The molecule has 1 fully saturated rings. The minimum absolute atomic E-state index is 0.181. The van der Waals surface area contributed by atoms with Crippen LogP contribution >= 0.6 is 0 Å². The number of carbonyl (C=O) groups excluding carboxylic acids is 1. The van der Waals surface area contributed by atoms with Gasteiger partial charge in [0, 0.05) is 24.9 Å². The summed E-state index contributed by atoms with van der Waals surface area (Å²) in [5, 5.41) is 11.6. The number of carbonyl (C=O) groups is 1. The molecule has 1 amide bonds. The van der Waals surface area contributed by atoms with Crippen molar-refractivity contribution < 1.29 is 10.0 Å². The molecule has 0 aliphatic heterocycles. The third-order valence-corrected chi connectivity index (χ3v) is 4.11. The number of amidine groups is 1. The molecule has 5 nitrogen and oxygen atoms in total. The van der Waals surface area contributed by atoms with E-state index in [1.165, 1.54) is 6.42 Å². The van der Waals surface area contributed by atoms with Crippen LogP contribution in [0.3, 0.4) is 0 Å². The molecule has 0 atom stereocenters. The molecule has 1 aliphatic rings. The Labute approximate surface area is 122 Å². The van der Waals surface area contributed by atoms with Crippen LogP contribution in [0.15, 0.2) is 5.16 Å². The number of hydrogen-bond donors (Lipinski definition) is 2. The molecule has 0 radical (unpaired) electrons. The zero-order valence-corrected chi connectivity index (χ0v) is 13.1. The molecule has 116 valence electrons. The molecule has 0 aromatic rings. The number of amides is 1. The smallest absolute Gasteiger partial charge is 0.228 e. The minimum atomic E-state index is -0.224. The largest absolute Gasteiger partial charge is 0.409 e. The highest BCUT2D eigenvalue weighted by Crippen LogP contribution is 2.37. The summed E-state index contributed by atoms with van der Waals surface area (Å²) in [4.78, 5) is 14.7. The summed E-state index contributed by atoms with van der Waals surface area (Å²) in [6.07, 6.45) is 5.88. The molecule has 0 spiro atoms. The summed E-state index contributed by atoms with van der Waals surface area (Å²) >= 11 is 0. The zero-order chi connectivity index (χ0) is 15.2. The molecule has 20 heavy (non-hydrogen) atoms. The molecule has 0 aromatic carbocycles. The van der Waals surface area contributed by atoms with Gasteiger partial charge in [-0.25, -0.2) is 0 Å². The highest BCUT2D eigenvalue weighted by atomic mass is 16.4. The third kappa shape index (κ3) is 4.69. The third-order valence-electron chi connectivity index (χ3n) is 4.11. The van der Waals surface area contributed by atoms with Crippen LogP contribution in [0, 0.1) is 11.3 Å². The van der Waals surface area contributed by atoms with Crippen LogP contribution in [0.1, 0.15) is 59.3 Å². The van der Waals surface area contributed by atoms with Crippen molar-refractivity contribution in [2.24, 2.45) is 22.2 Å². The molecule has 3 N–H and O–H groups in total. The van der Waals surface area contributed by atoms with Crippen molar-refractivity contribution in [2.75, 3.05) is 13.1 Å². The fraction of sp³-hybridized carbons (Fsp3) is 0.867. The number of hydrogen-bond acceptors (Lipinski definition) is 3. The van der Waals surface area contributed by atoms with Crippen molar-refractivity contribution >= 4 is 11.7 Å². The second-order valence-electron chi connectivity index (χ2n) is 6.61. The van der Waals surface area contributed by atoms with Gasteiger partial charge in [-0.05, 0) is 18.8 Å². The molecular formula is C15H29N3O2. The number of rotatable bonds is 6. The van der Waals surface area contributed by atoms with E-state index in [0.717, 1.165) is 32.2 Å². The van der Waals surface area contributed by atoms with Crippen molar-refractivity contribution in [3.8, 4) is 0 Å². The van der Waals surface area contributed by atoms with Gasteiger partial charge >= 0.3 is 0 Å². The minimum Gasteiger partial charge on any atom is -0.409 e. The molecule has 0 saturated heterocycles. The molecule has 1 rings (SSSR count). The van der Waals surface area contributed by atoms with Crippen molar-refractivity contribution in [1.82, 2.24) is 4.90 Å². The van der Waals surface area contributed by atoms with Crippen LogP contribution in [-0.4, -0.2) is 34.9 Å². The van der Waals surface area contributed by atoms with Gasteiger partial charge in [0.05, 0.1) is 0 Å². The van der Waals surface area contributed by atoms with E-state index in [-0.39, 0.29) is 17.2 Å². The lowest BCUT2D eigenvalue weighted by atomic mass is 9.74. The molecular weight excluding hydrogens is 254 g/mol. The summed E-state index contributed by atoms with van der Waals surface area (Å²) in [5.74, 6) is 0.829. The van der Waals surface area contributed by atoms with Gasteiger partial charge < -0.3 is 15.8 Å². The van der Waals surface area contributed by atoms with E-state index in [9.17, 15) is 4.79 Å². The predicted octanol–water partition coefficient (Wildman–Crippen LogP) is 2.58. The Morgan fingerprint density at radius 1 is 1.35 bits per heavy atom. The second-order valence-corrected chi connectivity index (χ2v) is 6.61. The lowest BCUT2D eigenvalue weighted by molar-refractivity contribution is -0.143. The van der Waals surface area contributed by atoms with E-state index >= 15 is 0 Å². The zero-order valence-electron chi connectivity index (χ0n) is 13.1. The first kappa shape index (κ1) is 16.8. The summed E-state index contributed by atoms with van der Waals surface area (Å²) in [7, 11) is 0. The van der Waals surface area contributed by atoms with E-state index in [1.807, 2.05) is 4.90 Å². The second kappa shape index (κ2) is 7.50. The fourth-order valence-electron chi connectivity index (χ4n) is 2.94. The highest BCUT2D eigenvalue weighted by molar-refractivity contribution is 5.84. The standard InChI is InChI=1S/C15H29N3O2/c1-12(2)11-18(10-7-13(16)17-20)14(19)15(3)8-5-4-6-9-15/h12,20H,4-11H2,1-3H3,(H2,16,17). The van der Waals surface area contributed by atoms with Crippen LogP contribution in [0.5, 0.6) is 0 Å². The summed E-state index contributed by atoms with van der Waals surface area (Å²) in [6.45, 7) is 7.56. The van der Waals surface area contributed by atoms with Crippen molar-refractivity contribution in [3.05, 3.63) is 0 Å². The topological polar surface area (TPSA) is 78.9 Å². The van der Waals surface area contributed by atoms with E-state index in [1.54, 1.807) is 0 Å². The highest BCUT2D eigenvalue weighted by Gasteiger charge is 2.37. The van der Waals surface area contributed by atoms with Crippen LogP contribution < -0.4 is 5.73 Å². The predicted molar refractivity (Wildman–Crippen MR) is 80.6 cm³/mol. The van der Waals surface area contributed by atoms with Gasteiger partial charge in [0.1, 0.15) is 5.84 Å². The molecule has 0 heterocycles. The number of oxime groups is 1. The Balaban J connectivity index is 2.72. The molecule has 1 saturated carbocycles. The number of nitrogens with zero attached hydrogens (tertiary/aromatic N) is 2. The lowest BCUT2D eigenvalue weighted by Gasteiger charge is -2.38. The van der Waals surface area contributed by atoms with Gasteiger partial charge in [-0.2, -0.15) is 0 Å². The Hall–Kier alpha value is -1.26. The van der Waals surface area contributed by atoms with Gasteiger partial charge in [-0.1, -0.05) is 45.2 Å². The first-order valence-electron chi connectivity index (χ1n) is 7.65. The Bertz CT molecular complexity index is 347.